The maximum atomic E-state index is 14.0. The molecule has 0 atom stereocenters. The summed E-state index contributed by atoms with van der Waals surface area (Å²) >= 11 is 6.61. The highest BCUT2D eigenvalue weighted by Crippen LogP contribution is 2.34. The lowest BCUT2D eigenvalue weighted by Gasteiger charge is -2.29. The highest BCUT2D eigenvalue weighted by molar-refractivity contribution is 6.35. The van der Waals surface area contributed by atoms with E-state index in [1.165, 1.54) is 0 Å². The minimum atomic E-state index is -0.161. The zero-order valence-electron chi connectivity index (χ0n) is 19.1. The van der Waals surface area contributed by atoms with E-state index >= 15 is 0 Å². The Hall–Kier alpha value is -3.39. The summed E-state index contributed by atoms with van der Waals surface area (Å²) in [5.41, 5.74) is 2.88. The van der Waals surface area contributed by atoms with Gasteiger partial charge in [0, 0.05) is 16.8 Å². The maximum Gasteiger partial charge on any atom is 0.209 e. The standard InChI is InChI=1S/C29H25ClN2O2/c1-20-14-17-32(18-15-20)19-26-23(11-10-22-9-5-6-16-31-22)29(33)28-25(34-26)13-12-24(30)27(28)21-7-3-2-4-8-21/h2-9,12-13,16,20H,14-15,17-19H2,1H3. The van der Waals surface area contributed by atoms with E-state index in [0.29, 0.717) is 45.1 Å². The molecule has 0 saturated carbocycles. The minimum Gasteiger partial charge on any atom is -0.458 e. The Morgan fingerprint density at radius 2 is 1.79 bits per heavy atom. The largest absolute Gasteiger partial charge is 0.458 e. The molecule has 170 valence electrons. The van der Waals surface area contributed by atoms with Crippen molar-refractivity contribution < 1.29 is 4.42 Å². The van der Waals surface area contributed by atoms with Crippen molar-refractivity contribution in [3.8, 4) is 23.0 Å². The van der Waals surface area contributed by atoms with Crippen LogP contribution in [0.3, 0.4) is 0 Å². The number of aromatic nitrogens is 1. The van der Waals surface area contributed by atoms with Crippen LogP contribution in [0.25, 0.3) is 22.1 Å². The van der Waals surface area contributed by atoms with Crippen LogP contribution in [-0.2, 0) is 6.54 Å². The van der Waals surface area contributed by atoms with Crippen molar-refractivity contribution in [2.75, 3.05) is 13.1 Å². The summed E-state index contributed by atoms with van der Waals surface area (Å²) in [6, 6.07) is 18.8. The molecule has 1 saturated heterocycles. The van der Waals surface area contributed by atoms with Gasteiger partial charge in [0.2, 0.25) is 5.43 Å². The van der Waals surface area contributed by atoms with Gasteiger partial charge in [0.1, 0.15) is 22.6 Å². The third-order valence-corrected chi connectivity index (χ3v) is 6.68. The Morgan fingerprint density at radius 1 is 1.03 bits per heavy atom. The van der Waals surface area contributed by atoms with E-state index in [4.69, 9.17) is 16.0 Å². The summed E-state index contributed by atoms with van der Waals surface area (Å²) in [6.45, 7) is 4.79. The van der Waals surface area contributed by atoms with Gasteiger partial charge in [-0.15, -0.1) is 0 Å². The molecular formula is C29H25ClN2O2. The minimum absolute atomic E-state index is 0.161. The first kappa shape index (κ1) is 22.4. The molecular weight excluding hydrogens is 444 g/mol. The molecule has 5 rings (SSSR count). The van der Waals surface area contributed by atoms with Crippen LogP contribution in [-0.4, -0.2) is 23.0 Å². The summed E-state index contributed by atoms with van der Waals surface area (Å²) in [5.74, 6) is 7.47. The van der Waals surface area contributed by atoms with Gasteiger partial charge in [-0.3, -0.25) is 9.69 Å². The smallest absolute Gasteiger partial charge is 0.209 e. The molecule has 2 aromatic heterocycles. The number of rotatable bonds is 3. The van der Waals surface area contributed by atoms with E-state index in [9.17, 15) is 4.79 Å². The zero-order valence-corrected chi connectivity index (χ0v) is 19.8. The molecule has 4 aromatic rings. The van der Waals surface area contributed by atoms with E-state index in [0.717, 1.165) is 37.4 Å². The quantitative estimate of drug-likeness (QED) is 0.339. The predicted molar refractivity (Wildman–Crippen MR) is 137 cm³/mol. The Balaban J connectivity index is 1.70. The number of halogens is 1. The molecule has 1 aliphatic heterocycles. The van der Waals surface area contributed by atoms with E-state index in [-0.39, 0.29) is 5.43 Å². The summed E-state index contributed by atoms with van der Waals surface area (Å²) < 4.78 is 6.39. The molecule has 0 radical (unpaired) electrons. The average Bonchev–Trinajstić information content (AvgIpc) is 2.86. The Bertz CT molecular complexity index is 1430. The summed E-state index contributed by atoms with van der Waals surface area (Å²) in [6.07, 6.45) is 3.97. The lowest BCUT2D eigenvalue weighted by atomic mass is 9.97. The van der Waals surface area contributed by atoms with Gasteiger partial charge in [0.05, 0.1) is 11.9 Å². The van der Waals surface area contributed by atoms with Gasteiger partial charge < -0.3 is 4.42 Å². The third kappa shape index (κ3) is 4.63. The van der Waals surface area contributed by atoms with Gasteiger partial charge in [0.25, 0.3) is 0 Å². The van der Waals surface area contributed by atoms with Crippen molar-refractivity contribution in [2.45, 2.75) is 26.3 Å². The van der Waals surface area contributed by atoms with Crippen molar-refractivity contribution in [3.63, 3.8) is 0 Å². The second kappa shape index (κ2) is 9.85. The molecule has 0 spiro atoms. The second-order valence-electron chi connectivity index (χ2n) is 8.81. The second-order valence-corrected chi connectivity index (χ2v) is 9.22. The first-order valence-corrected chi connectivity index (χ1v) is 12.0. The van der Waals surface area contributed by atoms with Crippen LogP contribution in [0.2, 0.25) is 5.02 Å². The predicted octanol–water partition coefficient (Wildman–Crippen LogP) is 6.14. The molecule has 0 N–H and O–H groups in total. The van der Waals surface area contributed by atoms with Gasteiger partial charge >= 0.3 is 0 Å². The molecule has 1 aliphatic rings. The monoisotopic (exact) mass is 468 g/mol. The average molecular weight is 469 g/mol. The Labute approximate surface area is 204 Å². The van der Waals surface area contributed by atoms with Crippen LogP contribution in [0.5, 0.6) is 0 Å². The zero-order chi connectivity index (χ0) is 23.5. The Morgan fingerprint density at radius 3 is 2.53 bits per heavy atom. The van der Waals surface area contributed by atoms with Gasteiger partial charge in [0.15, 0.2) is 0 Å². The molecule has 3 heterocycles. The van der Waals surface area contributed by atoms with Crippen LogP contribution in [0, 0.1) is 17.8 Å². The van der Waals surface area contributed by atoms with E-state index < -0.39 is 0 Å². The number of benzene rings is 2. The normalized spacial score (nSPS) is 14.6. The highest BCUT2D eigenvalue weighted by Gasteiger charge is 2.22. The molecule has 2 aromatic carbocycles. The number of fused-ring (bicyclic) bond motifs is 1. The molecule has 0 unspecified atom stereocenters. The van der Waals surface area contributed by atoms with Crippen LogP contribution in [0.15, 0.2) is 76.1 Å². The van der Waals surface area contributed by atoms with Crippen molar-refractivity contribution >= 4 is 22.6 Å². The summed E-state index contributed by atoms with van der Waals surface area (Å²) in [4.78, 5) is 20.6. The molecule has 0 bridgehead atoms. The fourth-order valence-corrected chi connectivity index (χ4v) is 4.68. The SMILES string of the molecule is CC1CCN(Cc2oc3ccc(Cl)c(-c4ccccc4)c3c(=O)c2C#Cc2ccccn2)CC1. The number of likely N-dealkylation sites (tertiary alicyclic amines) is 1. The first-order valence-electron chi connectivity index (χ1n) is 11.6. The molecule has 34 heavy (non-hydrogen) atoms. The number of nitrogens with zero attached hydrogens (tertiary/aromatic N) is 2. The highest BCUT2D eigenvalue weighted by atomic mass is 35.5. The number of piperidine rings is 1. The third-order valence-electron chi connectivity index (χ3n) is 6.37. The molecule has 0 aliphatic carbocycles. The van der Waals surface area contributed by atoms with E-state index in [1.54, 1.807) is 18.3 Å². The van der Waals surface area contributed by atoms with Crippen molar-refractivity contribution in [1.82, 2.24) is 9.88 Å². The molecule has 5 heteroatoms. The molecule has 1 fully saturated rings. The molecule has 0 amide bonds. The van der Waals surface area contributed by atoms with E-state index in [2.05, 4.69) is 28.6 Å². The van der Waals surface area contributed by atoms with Crippen LogP contribution >= 0.6 is 11.6 Å². The van der Waals surface area contributed by atoms with Crippen molar-refractivity contribution in [2.24, 2.45) is 5.92 Å². The van der Waals surface area contributed by atoms with Gasteiger partial charge in [-0.25, -0.2) is 4.98 Å². The summed E-state index contributed by atoms with van der Waals surface area (Å²) in [5, 5.41) is 0.965. The van der Waals surface area contributed by atoms with Crippen LogP contribution in [0.1, 0.15) is 36.8 Å². The van der Waals surface area contributed by atoms with E-state index in [1.807, 2.05) is 48.5 Å². The van der Waals surface area contributed by atoms with Gasteiger partial charge in [-0.1, -0.05) is 60.8 Å². The molecule has 4 nitrogen and oxygen atoms in total. The topological polar surface area (TPSA) is 46.3 Å². The lowest BCUT2D eigenvalue weighted by Crippen LogP contribution is -2.33. The Kier molecular flexibility index (Phi) is 6.49. The summed E-state index contributed by atoms with van der Waals surface area (Å²) in [7, 11) is 0. The van der Waals surface area contributed by atoms with Crippen molar-refractivity contribution in [1.29, 1.82) is 0 Å². The number of pyridine rings is 1. The van der Waals surface area contributed by atoms with Crippen LogP contribution in [0.4, 0.5) is 0 Å². The first-order chi connectivity index (χ1) is 16.6. The number of hydrogen-bond acceptors (Lipinski definition) is 4. The van der Waals surface area contributed by atoms with Crippen LogP contribution < -0.4 is 5.43 Å². The fourth-order valence-electron chi connectivity index (χ4n) is 4.42. The fraction of sp³-hybridized carbons (Fsp3) is 0.241. The van der Waals surface area contributed by atoms with Gasteiger partial charge in [-0.05, 0) is 67.6 Å². The van der Waals surface area contributed by atoms with Gasteiger partial charge in [-0.2, -0.15) is 0 Å². The maximum absolute atomic E-state index is 14.0. The number of hydrogen-bond donors (Lipinski definition) is 0. The lowest BCUT2D eigenvalue weighted by molar-refractivity contribution is 0.174. The van der Waals surface area contributed by atoms with Crippen molar-refractivity contribution in [3.05, 3.63) is 99.1 Å².